The molecule has 3 saturated carbocycles. The number of benzene rings is 2. The van der Waals surface area contributed by atoms with E-state index in [9.17, 15) is 19.5 Å². The molecular formula is C28H30N2O5. The van der Waals surface area contributed by atoms with E-state index < -0.39 is 17.5 Å². The van der Waals surface area contributed by atoms with Crippen LogP contribution in [0.1, 0.15) is 49.1 Å². The van der Waals surface area contributed by atoms with Crippen LogP contribution in [-0.4, -0.2) is 53.7 Å². The number of hydrogen-bond donors (Lipinski definition) is 2. The molecule has 0 bridgehead atoms. The fraction of sp³-hybridized carbons (Fsp3) is 0.464. The predicted octanol–water partition coefficient (Wildman–Crippen LogP) is 4.02. The largest absolute Gasteiger partial charge is 0.480 e. The second-order valence-electron chi connectivity index (χ2n) is 10.7. The number of carboxylic acids is 1. The number of carboxylic acid groups (broad SMARTS) is 1. The Bertz CT molecular complexity index is 1150. The molecule has 4 aliphatic rings. The van der Waals surface area contributed by atoms with Crippen molar-refractivity contribution < 1.29 is 24.2 Å². The number of nitrogens with one attached hydrogen (secondary N) is 1. The first kappa shape index (κ1) is 22.1. The van der Waals surface area contributed by atoms with Crippen molar-refractivity contribution in [1.29, 1.82) is 0 Å². The molecule has 0 saturated heterocycles. The van der Waals surface area contributed by atoms with Gasteiger partial charge in [0.1, 0.15) is 13.2 Å². The average Bonchev–Trinajstić information content (AvgIpc) is 3.73. The zero-order valence-electron chi connectivity index (χ0n) is 19.6. The molecule has 0 unspecified atom stereocenters. The van der Waals surface area contributed by atoms with Gasteiger partial charge in [0, 0.05) is 18.5 Å². The van der Waals surface area contributed by atoms with Gasteiger partial charge < -0.3 is 20.1 Å². The third-order valence-electron chi connectivity index (χ3n) is 8.29. The molecule has 7 heteroatoms. The van der Waals surface area contributed by atoms with E-state index in [0.717, 1.165) is 25.7 Å². The van der Waals surface area contributed by atoms with Gasteiger partial charge in [-0.3, -0.25) is 9.59 Å². The second kappa shape index (κ2) is 8.40. The minimum atomic E-state index is -0.973. The number of nitrogens with zero attached hydrogens (tertiary/aromatic N) is 1. The molecule has 2 amide bonds. The molecule has 0 aromatic heterocycles. The standard InChI is InChI=1S/C28H30N2O5/c31-25(32)15-30(14-17-9-10-17)26(33)28-12-18(28)11-19(13-28)29-27(34)35-16-24-22-7-3-1-5-20(22)21-6-2-4-8-23(21)24/h1-8,17-19,24H,9-16H2,(H,29,34)(H,31,32)/t18-,19+,28+/m0/s1. The lowest BCUT2D eigenvalue weighted by atomic mass is 9.98. The number of hydrogen-bond acceptors (Lipinski definition) is 4. The summed E-state index contributed by atoms with van der Waals surface area (Å²) in [4.78, 5) is 38.9. The van der Waals surface area contributed by atoms with Crippen LogP contribution in [0.4, 0.5) is 4.79 Å². The minimum Gasteiger partial charge on any atom is -0.480 e. The maximum Gasteiger partial charge on any atom is 0.407 e. The van der Waals surface area contributed by atoms with Crippen LogP contribution in [0.15, 0.2) is 48.5 Å². The molecule has 2 aromatic carbocycles. The Labute approximate surface area is 204 Å². The summed E-state index contributed by atoms with van der Waals surface area (Å²) in [6.07, 6.45) is 3.75. The van der Waals surface area contributed by atoms with Gasteiger partial charge in [-0.1, -0.05) is 48.5 Å². The van der Waals surface area contributed by atoms with E-state index in [4.69, 9.17) is 4.74 Å². The Hall–Kier alpha value is -3.35. The fourth-order valence-corrected chi connectivity index (χ4v) is 6.38. The topological polar surface area (TPSA) is 95.9 Å². The van der Waals surface area contributed by atoms with Gasteiger partial charge in [0.25, 0.3) is 0 Å². The smallest absolute Gasteiger partial charge is 0.407 e. The van der Waals surface area contributed by atoms with E-state index in [2.05, 4.69) is 29.6 Å². The lowest BCUT2D eigenvalue weighted by Gasteiger charge is -2.26. The lowest BCUT2D eigenvalue weighted by molar-refractivity contribution is -0.147. The number of carbonyl (C=O) groups excluding carboxylic acids is 2. The molecule has 2 N–H and O–H groups in total. The van der Waals surface area contributed by atoms with Gasteiger partial charge in [-0.15, -0.1) is 0 Å². The average molecular weight is 475 g/mol. The highest BCUT2D eigenvalue weighted by atomic mass is 16.5. The van der Waals surface area contributed by atoms with Crippen molar-refractivity contribution in [3.63, 3.8) is 0 Å². The number of fused-ring (bicyclic) bond motifs is 4. The first-order chi connectivity index (χ1) is 16.9. The molecule has 4 aliphatic carbocycles. The highest BCUT2D eigenvalue weighted by Gasteiger charge is 2.66. The molecule has 3 atom stereocenters. The SMILES string of the molecule is O=C(O)CN(CC1CC1)C(=O)[C@]12C[C@H](NC(=O)OCC3c4ccccc4-c4ccccc43)C[C@H]1C2. The summed E-state index contributed by atoms with van der Waals surface area (Å²) in [7, 11) is 0. The highest BCUT2D eigenvalue weighted by Crippen LogP contribution is 2.64. The minimum absolute atomic E-state index is 0.00468. The lowest BCUT2D eigenvalue weighted by Crippen LogP contribution is -2.43. The Balaban J connectivity index is 1.06. The fourth-order valence-electron chi connectivity index (χ4n) is 6.38. The second-order valence-corrected chi connectivity index (χ2v) is 10.7. The van der Waals surface area contributed by atoms with Crippen LogP contribution in [-0.2, 0) is 14.3 Å². The summed E-state index contributed by atoms with van der Waals surface area (Å²) in [6, 6.07) is 16.3. The monoisotopic (exact) mass is 474 g/mol. The van der Waals surface area contributed by atoms with Crippen molar-refractivity contribution in [2.45, 2.75) is 44.1 Å². The number of aliphatic carboxylic acids is 1. The first-order valence-corrected chi connectivity index (χ1v) is 12.6. The van der Waals surface area contributed by atoms with E-state index in [0.29, 0.717) is 18.9 Å². The quantitative estimate of drug-likeness (QED) is 0.603. The number of carbonyl (C=O) groups is 3. The maximum absolute atomic E-state index is 13.3. The van der Waals surface area contributed by atoms with Crippen LogP contribution in [0.25, 0.3) is 11.1 Å². The number of amides is 2. The van der Waals surface area contributed by atoms with Crippen LogP contribution < -0.4 is 5.32 Å². The molecule has 6 rings (SSSR count). The van der Waals surface area contributed by atoms with Crippen molar-refractivity contribution in [1.82, 2.24) is 10.2 Å². The van der Waals surface area contributed by atoms with Gasteiger partial charge in [-0.25, -0.2) is 4.79 Å². The molecular weight excluding hydrogens is 444 g/mol. The zero-order valence-corrected chi connectivity index (χ0v) is 19.6. The van der Waals surface area contributed by atoms with Gasteiger partial charge in [-0.05, 0) is 66.2 Å². The number of alkyl carbamates (subject to hydrolysis) is 1. The Kier molecular flexibility index (Phi) is 5.31. The van der Waals surface area contributed by atoms with Gasteiger partial charge in [-0.2, -0.15) is 0 Å². The molecule has 35 heavy (non-hydrogen) atoms. The van der Waals surface area contributed by atoms with Gasteiger partial charge >= 0.3 is 12.1 Å². The van der Waals surface area contributed by atoms with Crippen LogP contribution in [0.2, 0.25) is 0 Å². The molecule has 7 nitrogen and oxygen atoms in total. The van der Waals surface area contributed by atoms with Crippen LogP contribution in [0.5, 0.6) is 0 Å². The van der Waals surface area contributed by atoms with E-state index in [1.54, 1.807) is 0 Å². The Morgan fingerprint density at radius 3 is 2.29 bits per heavy atom. The van der Waals surface area contributed by atoms with Crippen molar-refractivity contribution in [3.8, 4) is 11.1 Å². The van der Waals surface area contributed by atoms with E-state index >= 15 is 0 Å². The number of rotatable bonds is 8. The summed E-state index contributed by atoms with van der Waals surface area (Å²) in [5, 5.41) is 12.3. The van der Waals surface area contributed by atoms with Crippen LogP contribution in [0, 0.1) is 17.3 Å². The summed E-state index contributed by atoms with van der Waals surface area (Å²) in [5.41, 5.74) is 4.20. The predicted molar refractivity (Wildman–Crippen MR) is 129 cm³/mol. The van der Waals surface area contributed by atoms with Gasteiger partial charge in [0.15, 0.2) is 0 Å². The molecule has 0 heterocycles. The summed E-state index contributed by atoms with van der Waals surface area (Å²) >= 11 is 0. The molecule has 3 fully saturated rings. The van der Waals surface area contributed by atoms with Crippen molar-refractivity contribution >= 4 is 18.0 Å². The zero-order chi connectivity index (χ0) is 24.2. The normalized spacial score (nSPS) is 25.8. The highest BCUT2D eigenvalue weighted by molar-refractivity contribution is 5.89. The maximum atomic E-state index is 13.3. The van der Waals surface area contributed by atoms with Crippen LogP contribution in [0.3, 0.4) is 0 Å². The van der Waals surface area contributed by atoms with E-state index in [1.807, 2.05) is 24.3 Å². The summed E-state index contributed by atoms with van der Waals surface area (Å²) in [6.45, 7) is 0.548. The Morgan fingerprint density at radius 2 is 1.66 bits per heavy atom. The summed E-state index contributed by atoms with van der Waals surface area (Å²) in [5.74, 6) is -0.370. The molecule has 0 spiro atoms. The third kappa shape index (κ3) is 4.07. The van der Waals surface area contributed by atoms with Gasteiger partial charge in [0.2, 0.25) is 5.91 Å². The third-order valence-corrected chi connectivity index (χ3v) is 8.29. The molecule has 182 valence electrons. The van der Waals surface area contributed by atoms with Crippen LogP contribution >= 0.6 is 0 Å². The van der Waals surface area contributed by atoms with Gasteiger partial charge in [0.05, 0.1) is 5.41 Å². The Morgan fingerprint density at radius 1 is 1.00 bits per heavy atom. The van der Waals surface area contributed by atoms with Crippen molar-refractivity contribution in [3.05, 3.63) is 59.7 Å². The molecule has 2 aromatic rings. The summed E-state index contributed by atoms with van der Waals surface area (Å²) < 4.78 is 5.68. The van der Waals surface area contributed by atoms with Crippen molar-refractivity contribution in [2.24, 2.45) is 17.3 Å². The van der Waals surface area contributed by atoms with Crippen molar-refractivity contribution in [2.75, 3.05) is 19.7 Å². The number of ether oxygens (including phenoxy) is 1. The van der Waals surface area contributed by atoms with E-state index in [1.165, 1.54) is 27.2 Å². The molecule has 0 aliphatic heterocycles. The molecule has 0 radical (unpaired) electrons. The van der Waals surface area contributed by atoms with E-state index in [-0.39, 0.29) is 36.9 Å². The first-order valence-electron chi connectivity index (χ1n) is 12.6.